The molecule has 0 fully saturated rings. The molecule has 0 aliphatic carbocycles. The van der Waals surface area contributed by atoms with Gasteiger partial charge in [-0.25, -0.2) is 13.6 Å². The van der Waals surface area contributed by atoms with Gasteiger partial charge in [-0.1, -0.05) is 0 Å². The summed E-state index contributed by atoms with van der Waals surface area (Å²) in [4.78, 5) is 11.6. The molecule has 0 N–H and O–H groups in total. The van der Waals surface area contributed by atoms with Gasteiger partial charge in [0, 0.05) is 0 Å². The van der Waals surface area contributed by atoms with Gasteiger partial charge in [0.05, 0.1) is 0 Å². The van der Waals surface area contributed by atoms with Crippen LogP contribution >= 0.6 is 0 Å². The Hall–Kier alpha value is -2.43. The van der Waals surface area contributed by atoms with Crippen LogP contribution in [0.1, 0.15) is 11.1 Å². The van der Waals surface area contributed by atoms with Crippen LogP contribution < -0.4 is 9.47 Å². The lowest BCUT2D eigenvalue weighted by Gasteiger charge is -2.09. The van der Waals surface area contributed by atoms with E-state index in [1.54, 1.807) is 13.8 Å². The van der Waals surface area contributed by atoms with Gasteiger partial charge < -0.3 is 9.47 Å². The minimum absolute atomic E-state index is 0.205. The molecule has 5 heteroatoms. The topological polar surface area (TPSA) is 35.5 Å². The predicted octanol–water partition coefficient (Wildman–Crippen LogP) is 4.16. The van der Waals surface area contributed by atoms with E-state index >= 15 is 0 Å². The Bertz CT molecular complexity index is 598. The van der Waals surface area contributed by atoms with Crippen molar-refractivity contribution < 1.29 is 23.0 Å². The Morgan fingerprint density at radius 3 is 1.60 bits per heavy atom. The number of benzene rings is 2. The molecule has 0 radical (unpaired) electrons. The lowest BCUT2D eigenvalue weighted by molar-refractivity contribution is 0.151. The van der Waals surface area contributed by atoms with E-state index in [2.05, 4.69) is 0 Å². The standard InChI is InChI=1S/C15H12F2O3/c1-9-7-11(16)3-5-13(9)19-15(18)20-14-6-4-12(17)8-10(14)2/h3-8H,1-2H3. The number of ether oxygens (including phenoxy) is 2. The zero-order chi connectivity index (χ0) is 14.7. The first-order valence-corrected chi connectivity index (χ1v) is 5.87. The molecular weight excluding hydrogens is 266 g/mol. The van der Waals surface area contributed by atoms with Crippen LogP contribution in [0, 0.1) is 25.5 Å². The van der Waals surface area contributed by atoms with E-state index in [-0.39, 0.29) is 11.5 Å². The smallest absolute Gasteiger partial charge is 0.394 e. The second kappa shape index (κ2) is 5.69. The van der Waals surface area contributed by atoms with E-state index in [1.807, 2.05) is 0 Å². The lowest BCUT2D eigenvalue weighted by Crippen LogP contribution is -2.15. The Kier molecular flexibility index (Phi) is 3.98. The summed E-state index contributed by atoms with van der Waals surface area (Å²) in [6.07, 6.45) is -0.964. The second-order valence-corrected chi connectivity index (χ2v) is 4.27. The van der Waals surface area contributed by atoms with Gasteiger partial charge in [-0.3, -0.25) is 0 Å². The number of carbonyl (C=O) groups excluding carboxylic acids is 1. The molecule has 0 aliphatic rings. The Morgan fingerprint density at radius 1 is 0.850 bits per heavy atom. The highest BCUT2D eigenvalue weighted by atomic mass is 19.1. The van der Waals surface area contributed by atoms with E-state index in [0.29, 0.717) is 11.1 Å². The predicted molar refractivity (Wildman–Crippen MR) is 68.9 cm³/mol. The largest absolute Gasteiger partial charge is 0.519 e. The highest BCUT2D eigenvalue weighted by Crippen LogP contribution is 2.22. The third-order valence-electron chi connectivity index (χ3n) is 2.66. The molecule has 20 heavy (non-hydrogen) atoms. The van der Waals surface area contributed by atoms with Crippen molar-refractivity contribution in [3.63, 3.8) is 0 Å². The average molecular weight is 278 g/mol. The van der Waals surface area contributed by atoms with Crippen molar-refractivity contribution in [1.29, 1.82) is 0 Å². The molecule has 104 valence electrons. The van der Waals surface area contributed by atoms with Gasteiger partial charge in [-0.2, -0.15) is 0 Å². The van der Waals surface area contributed by atoms with Gasteiger partial charge in [0.15, 0.2) is 0 Å². The van der Waals surface area contributed by atoms with Crippen molar-refractivity contribution >= 4 is 6.16 Å². The molecule has 0 bridgehead atoms. The molecule has 2 aromatic rings. The molecule has 0 saturated carbocycles. The summed E-state index contributed by atoms with van der Waals surface area (Å²) in [5.74, 6) is -0.428. The van der Waals surface area contributed by atoms with Crippen LogP contribution in [0.2, 0.25) is 0 Å². The molecule has 3 nitrogen and oxygen atoms in total. The van der Waals surface area contributed by atoms with Crippen molar-refractivity contribution in [2.75, 3.05) is 0 Å². The summed E-state index contributed by atoms with van der Waals surface area (Å²) in [7, 11) is 0. The zero-order valence-electron chi connectivity index (χ0n) is 10.9. The molecule has 0 saturated heterocycles. The molecule has 0 spiro atoms. The number of halogens is 2. The second-order valence-electron chi connectivity index (χ2n) is 4.27. The SMILES string of the molecule is Cc1cc(F)ccc1OC(=O)Oc1ccc(F)cc1C. The maximum Gasteiger partial charge on any atom is 0.519 e. The summed E-state index contributed by atoms with van der Waals surface area (Å²) < 4.78 is 35.8. The van der Waals surface area contributed by atoms with Crippen LogP contribution in [0.5, 0.6) is 11.5 Å². The zero-order valence-corrected chi connectivity index (χ0v) is 10.9. The summed E-state index contributed by atoms with van der Waals surface area (Å²) in [5, 5.41) is 0. The molecule has 0 unspecified atom stereocenters. The normalized spacial score (nSPS) is 10.2. The van der Waals surface area contributed by atoms with E-state index < -0.39 is 17.8 Å². The number of carbonyl (C=O) groups is 1. The van der Waals surface area contributed by atoms with E-state index in [0.717, 1.165) is 0 Å². The van der Waals surface area contributed by atoms with Gasteiger partial charge in [0.1, 0.15) is 23.1 Å². The first-order valence-electron chi connectivity index (χ1n) is 5.87. The van der Waals surface area contributed by atoms with Crippen LogP contribution in [0.25, 0.3) is 0 Å². The van der Waals surface area contributed by atoms with Crippen molar-refractivity contribution in [1.82, 2.24) is 0 Å². The number of hydrogen-bond acceptors (Lipinski definition) is 3. The summed E-state index contributed by atoms with van der Waals surface area (Å²) in [5.41, 5.74) is 0.940. The summed E-state index contributed by atoms with van der Waals surface area (Å²) >= 11 is 0. The van der Waals surface area contributed by atoms with E-state index in [1.165, 1.54) is 36.4 Å². The summed E-state index contributed by atoms with van der Waals surface area (Å²) in [6, 6.07) is 7.52. The first kappa shape index (κ1) is 14.0. The van der Waals surface area contributed by atoms with E-state index in [4.69, 9.17) is 9.47 Å². The van der Waals surface area contributed by atoms with Crippen molar-refractivity contribution in [3.05, 3.63) is 59.2 Å². The third kappa shape index (κ3) is 3.32. The molecule has 0 aromatic heterocycles. The summed E-state index contributed by atoms with van der Waals surface area (Å²) in [6.45, 7) is 3.21. The monoisotopic (exact) mass is 278 g/mol. The Morgan fingerprint density at radius 2 is 1.25 bits per heavy atom. The molecule has 2 rings (SSSR count). The van der Waals surface area contributed by atoms with Crippen LogP contribution in [-0.2, 0) is 0 Å². The van der Waals surface area contributed by atoms with Gasteiger partial charge in [-0.15, -0.1) is 0 Å². The highest BCUT2D eigenvalue weighted by molar-refractivity contribution is 5.68. The fourth-order valence-electron chi connectivity index (χ4n) is 1.66. The van der Waals surface area contributed by atoms with Crippen LogP contribution in [0.4, 0.5) is 13.6 Å². The minimum Gasteiger partial charge on any atom is -0.394 e. The third-order valence-corrected chi connectivity index (χ3v) is 2.66. The van der Waals surface area contributed by atoms with Crippen molar-refractivity contribution in [2.45, 2.75) is 13.8 Å². The quantitative estimate of drug-likeness (QED) is 0.611. The number of aryl methyl sites for hydroxylation is 2. The van der Waals surface area contributed by atoms with Crippen molar-refractivity contribution in [2.24, 2.45) is 0 Å². The fourth-order valence-corrected chi connectivity index (χ4v) is 1.66. The van der Waals surface area contributed by atoms with Crippen LogP contribution in [0.15, 0.2) is 36.4 Å². The van der Waals surface area contributed by atoms with Gasteiger partial charge in [0.25, 0.3) is 0 Å². The molecule has 0 amide bonds. The number of hydrogen-bond donors (Lipinski definition) is 0. The maximum atomic E-state index is 12.9. The minimum atomic E-state index is -0.964. The highest BCUT2D eigenvalue weighted by Gasteiger charge is 2.12. The van der Waals surface area contributed by atoms with Gasteiger partial charge in [-0.05, 0) is 61.4 Å². The van der Waals surface area contributed by atoms with Gasteiger partial charge >= 0.3 is 6.16 Å². The molecular formula is C15H12F2O3. The Balaban J connectivity index is 2.09. The average Bonchev–Trinajstić information content (AvgIpc) is 2.36. The lowest BCUT2D eigenvalue weighted by atomic mass is 10.2. The molecule has 0 atom stereocenters. The number of rotatable bonds is 2. The van der Waals surface area contributed by atoms with Crippen molar-refractivity contribution in [3.8, 4) is 11.5 Å². The fraction of sp³-hybridized carbons (Fsp3) is 0.133. The van der Waals surface area contributed by atoms with Crippen LogP contribution in [0.3, 0.4) is 0 Å². The first-order chi connectivity index (χ1) is 9.45. The molecule has 0 heterocycles. The van der Waals surface area contributed by atoms with E-state index in [9.17, 15) is 13.6 Å². The molecule has 2 aromatic carbocycles. The Labute approximate surface area is 114 Å². The van der Waals surface area contributed by atoms with Crippen LogP contribution in [-0.4, -0.2) is 6.16 Å². The maximum absolute atomic E-state index is 12.9. The molecule has 0 aliphatic heterocycles. The van der Waals surface area contributed by atoms with Gasteiger partial charge in [0.2, 0.25) is 0 Å².